The second-order valence-corrected chi connectivity index (χ2v) is 8.14. The van der Waals surface area contributed by atoms with Gasteiger partial charge in [0.15, 0.2) is 5.75 Å². The fraction of sp³-hybridized carbons (Fsp3) is 0.632. The Labute approximate surface area is 131 Å². The summed E-state index contributed by atoms with van der Waals surface area (Å²) in [6.45, 7) is 7.26. The smallest absolute Gasteiger partial charge is 0.220 e. The van der Waals surface area contributed by atoms with Gasteiger partial charge in [0.25, 0.3) is 0 Å². The molecular weight excluding hydrogens is 276 g/mol. The van der Waals surface area contributed by atoms with Gasteiger partial charge in [-0.05, 0) is 66.3 Å². The van der Waals surface area contributed by atoms with E-state index in [9.17, 15) is 9.90 Å². The van der Waals surface area contributed by atoms with Crippen LogP contribution in [-0.2, 0) is 10.2 Å². The lowest BCUT2D eigenvalue weighted by Gasteiger charge is -2.60. The van der Waals surface area contributed by atoms with E-state index < -0.39 is 0 Å². The number of aryl methyl sites for hydroxylation is 1. The molecule has 1 aromatic carbocycles. The highest BCUT2D eigenvalue weighted by Crippen LogP contribution is 2.62. The van der Waals surface area contributed by atoms with E-state index in [4.69, 9.17) is 4.74 Å². The number of fused-ring (bicyclic) bond motifs is 1. The highest BCUT2D eigenvalue weighted by atomic mass is 16.5. The minimum Gasteiger partial charge on any atom is -0.504 e. The monoisotopic (exact) mass is 300 g/mol. The number of aromatic hydroxyl groups is 1. The van der Waals surface area contributed by atoms with Crippen LogP contribution in [0.4, 0.5) is 0 Å². The lowest BCUT2D eigenvalue weighted by molar-refractivity contribution is -0.136. The average molecular weight is 300 g/mol. The number of rotatable bonds is 0. The minimum atomic E-state index is -0.247. The predicted molar refractivity (Wildman–Crippen MR) is 85.2 cm³/mol. The Balaban J connectivity index is 2.02. The van der Waals surface area contributed by atoms with Gasteiger partial charge in [0, 0.05) is 5.41 Å². The van der Waals surface area contributed by atoms with Crippen molar-refractivity contribution in [2.24, 2.45) is 11.3 Å². The SMILES string of the molecule is Cc1cc2c(cc(=O)c1O)C13CCCC(C)(C)[C@@H]1C[C@@H]2OC3. The zero-order valence-electron chi connectivity index (χ0n) is 13.6. The summed E-state index contributed by atoms with van der Waals surface area (Å²) in [4.78, 5) is 12.3. The van der Waals surface area contributed by atoms with Crippen molar-refractivity contribution in [2.45, 2.75) is 58.0 Å². The summed E-state index contributed by atoms with van der Waals surface area (Å²) in [7, 11) is 0. The Morgan fingerprint density at radius 3 is 2.82 bits per heavy atom. The van der Waals surface area contributed by atoms with E-state index >= 15 is 0 Å². The van der Waals surface area contributed by atoms with Gasteiger partial charge >= 0.3 is 0 Å². The Bertz CT molecular complexity index is 706. The fourth-order valence-corrected chi connectivity index (χ4v) is 5.38. The molecule has 1 saturated heterocycles. The van der Waals surface area contributed by atoms with Gasteiger partial charge in [-0.25, -0.2) is 0 Å². The predicted octanol–water partition coefficient (Wildman–Crippen LogP) is 3.60. The van der Waals surface area contributed by atoms with E-state index in [2.05, 4.69) is 13.8 Å². The molecule has 0 aromatic heterocycles. The van der Waals surface area contributed by atoms with Gasteiger partial charge in [-0.2, -0.15) is 0 Å². The largest absolute Gasteiger partial charge is 0.504 e. The molecule has 0 radical (unpaired) electrons. The van der Waals surface area contributed by atoms with Crippen molar-refractivity contribution >= 4 is 0 Å². The lowest BCUT2D eigenvalue weighted by Crippen LogP contribution is -2.56. The molecule has 1 spiro atoms. The molecule has 0 amide bonds. The molecule has 1 unspecified atom stereocenters. The number of hydrogen-bond acceptors (Lipinski definition) is 3. The Morgan fingerprint density at radius 1 is 1.27 bits per heavy atom. The Kier molecular flexibility index (Phi) is 2.82. The maximum atomic E-state index is 12.3. The third kappa shape index (κ3) is 1.69. The van der Waals surface area contributed by atoms with E-state index in [-0.39, 0.29) is 28.1 Å². The number of ether oxygens (including phenoxy) is 1. The van der Waals surface area contributed by atoms with Gasteiger partial charge < -0.3 is 9.84 Å². The lowest BCUT2D eigenvalue weighted by atomic mass is 9.48. The van der Waals surface area contributed by atoms with Crippen LogP contribution in [0, 0.1) is 18.3 Å². The highest BCUT2D eigenvalue weighted by Gasteiger charge is 2.58. The molecule has 1 aromatic rings. The molecule has 1 N–H and O–H groups in total. The van der Waals surface area contributed by atoms with Crippen LogP contribution in [0.2, 0.25) is 0 Å². The molecule has 3 atom stereocenters. The van der Waals surface area contributed by atoms with Crippen molar-refractivity contribution in [1.29, 1.82) is 0 Å². The van der Waals surface area contributed by atoms with Crippen LogP contribution in [0.25, 0.3) is 0 Å². The first-order valence-corrected chi connectivity index (χ1v) is 8.35. The van der Waals surface area contributed by atoms with Crippen LogP contribution in [-0.4, -0.2) is 11.7 Å². The number of hydrogen-bond donors (Lipinski definition) is 1. The Hall–Kier alpha value is -1.35. The fourth-order valence-electron chi connectivity index (χ4n) is 5.38. The first kappa shape index (κ1) is 14.3. The summed E-state index contributed by atoms with van der Waals surface area (Å²) >= 11 is 0. The van der Waals surface area contributed by atoms with Gasteiger partial charge in [-0.1, -0.05) is 20.3 Å². The first-order valence-electron chi connectivity index (χ1n) is 8.35. The van der Waals surface area contributed by atoms with Crippen molar-refractivity contribution in [3.05, 3.63) is 39.0 Å². The van der Waals surface area contributed by atoms with Crippen molar-refractivity contribution in [2.75, 3.05) is 6.61 Å². The van der Waals surface area contributed by atoms with Gasteiger partial charge in [0.1, 0.15) is 0 Å². The van der Waals surface area contributed by atoms with Crippen LogP contribution in [0.5, 0.6) is 5.75 Å². The maximum absolute atomic E-state index is 12.3. The molecule has 2 aliphatic carbocycles. The molecule has 5 rings (SSSR count). The summed E-state index contributed by atoms with van der Waals surface area (Å²) in [6.07, 6.45) is 4.62. The third-order valence-corrected chi connectivity index (χ3v) is 6.49. The van der Waals surface area contributed by atoms with E-state index in [0.29, 0.717) is 11.5 Å². The van der Waals surface area contributed by atoms with Crippen molar-refractivity contribution < 1.29 is 9.84 Å². The van der Waals surface area contributed by atoms with Crippen LogP contribution in [0.15, 0.2) is 16.9 Å². The van der Waals surface area contributed by atoms with Crippen molar-refractivity contribution in [3.8, 4) is 5.75 Å². The van der Waals surface area contributed by atoms with Crippen LogP contribution < -0.4 is 5.43 Å². The van der Waals surface area contributed by atoms with Gasteiger partial charge in [0.2, 0.25) is 5.43 Å². The zero-order chi connectivity index (χ0) is 15.7. The van der Waals surface area contributed by atoms with Crippen LogP contribution in [0.3, 0.4) is 0 Å². The zero-order valence-corrected chi connectivity index (χ0v) is 13.6. The van der Waals surface area contributed by atoms with Crippen molar-refractivity contribution in [3.63, 3.8) is 0 Å². The molecule has 3 nitrogen and oxygen atoms in total. The summed E-state index contributed by atoms with van der Waals surface area (Å²) in [5, 5.41) is 10.1. The van der Waals surface area contributed by atoms with E-state index in [1.165, 1.54) is 12.8 Å². The highest BCUT2D eigenvalue weighted by molar-refractivity contribution is 5.46. The quantitative estimate of drug-likeness (QED) is 0.796. The van der Waals surface area contributed by atoms with E-state index in [1.807, 2.05) is 6.07 Å². The summed E-state index contributed by atoms with van der Waals surface area (Å²) in [6, 6.07) is 3.69. The van der Waals surface area contributed by atoms with Crippen LogP contribution >= 0.6 is 0 Å². The first-order chi connectivity index (χ1) is 10.3. The molecule has 2 fully saturated rings. The summed E-state index contributed by atoms with van der Waals surface area (Å²) in [5.41, 5.74) is 2.94. The second kappa shape index (κ2) is 4.35. The molecule has 2 heterocycles. The molecule has 22 heavy (non-hydrogen) atoms. The normalized spacial score (nSPS) is 34.9. The van der Waals surface area contributed by atoms with Crippen LogP contribution in [0.1, 0.15) is 62.3 Å². The molecule has 118 valence electrons. The second-order valence-electron chi connectivity index (χ2n) is 8.14. The van der Waals surface area contributed by atoms with E-state index in [0.717, 1.165) is 30.6 Å². The third-order valence-electron chi connectivity index (χ3n) is 6.49. The average Bonchev–Trinajstić information content (AvgIpc) is 2.59. The molecule has 2 bridgehead atoms. The molecular formula is C19H24O3. The summed E-state index contributed by atoms with van der Waals surface area (Å²) < 4.78 is 6.15. The van der Waals surface area contributed by atoms with E-state index in [1.54, 1.807) is 13.0 Å². The maximum Gasteiger partial charge on any atom is 0.220 e. The molecule has 1 saturated carbocycles. The molecule has 2 aliphatic heterocycles. The van der Waals surface area contributed by atoms with Gasteiger partial charge in [-0.3, -0.25) is 4.79 Å². The van der Waals surface area contributed by atoms with Crippen molar-refractivity contribution in [1.82, 2.24) is 0 Å². The molecule has 4 aliphatic rings. The van der Waals surface area contributed by atoms with Gasteiger partial charge in [0.05, 0.1) is 12.7 Å². The topological polar surface area (TPSA) is 46.5 Å². The summed E-state index contributed by atoms with van der Waals surface area (Å²) in [5.74, 6) is 0.445. The molecule has 3 heteroatoms. The standard InChI is InChI=1S/C19H24O3/c1-11-7-12-13(8-14(20)17(11)21)19-6-4-5-18(2,3)16(19)9-15(12)22-10-19/h7-8,15-16H,4-6,9-10H2,1-3H3,(H,20,21)/t15-,16-,19?/m0/s1. The van der Waals surface area contributed by atoms with Gasteiger partial charge in [-0.15, -0.1) is 0 Å². The Morgan fingerprint density at radius 2 is 2.05 bits per heavy atom. The minimum absolute atomic E-state index is 0.0388.